The number of piperidine rings is 1. The van der Waals surface area contributed by atoms with E-state index in [1.54, 1.807) is 18.2 Å². The molecule has 0 aliphatic carbocycles. The summed E-state index contributed by atoms with van der Waals surface area (Å²) in [5, 5.41) is 8.26. The minimum atomic E-state index is -3.59. The number of aromatic nitrogens is 2. The number of nitrogens with zero attached hydrogens (tertiary/aromatic N) is 3. The van der Waals surface area contributed by atoms with Crippen molar-refractivity contribution in [1.29, 1.82) is 0 Å². The van der Waals surface area contributed by atoms with Gasteiger partial charge in [0.15, 0.2) is 0 Å². The van der Waals surface area contributed by atoms with E-state index in [-0.39, 0.29) is 11.7 Å². The molecule has 1 fully saturated rings. The molecule has 6 nitrogen and oxygen atoms in total. The van der Waals surface area contributed by atoms with Gasteiger partial charge in [-0.15, -0.1) is 10.2 Å². The molecule has 0 amide bonds. The molecule has 0 bridgehead atoms. The molecule has 158 valence electrons. The van der Waals surface area contributed by atoms with Gasteiger partial charge < -0.3 is 4.42 Å². The van der Waals surface area contributed by atoms with E-state index in [0.717, 1.165) is 29.5 Å². The van der Waals surface area contributed by atoms with Gasteiger partial charge in [-0.1, -0.05) is 29.8 Å². The Morgan fingerprint density at radius 3 is 2.63 bits per heavy atom. The average molecular weight is 430 g/mol. The van der Waals surface area contributed by atoms with Gasteiger partial charge in [0.1, 0.15) is 5.82 Å². The fourth-order valence-corrected chi connectivity index (χ4v) is 5.60. The molecule has 3 aromatic rings. The highest BCUT2D eigenvalue weighted by atomic mass is 32.2. The lowest BCUT2D eigenvalue weighted by atomic mass is 10.00. The molecule has 0 radical (unpaired) electrons. The van der Waals surface area contributed by atoms with Crippen LogP contribution >= 0.6 is 0 Å². The van der Waals surface area contributed by atoms with Crippen LogP contribution in [0.5, 0.6) is 0 Å². The molecule has 0 saturated carbocycles. The van der Waals surface area contributed by atoms with Crippen molar-refractivity contribution in [3.05, 3.63) is 76.8 Å². The van der Waals surface area contributed by atoms with Crippen LogP contribution in [-0.2, 0) is 16.4 Å². The number of hydrogen-bond acceptors (Lipinski definition) is 5. The first-order valence-corrected chi connectivity index (χ1v) is 11.4. The molecule has 1 aliphatic rings. The average Bonchev–Trinajstić information content (AvgIpc) is 3.18. The maximum Gasteiger partial charge on any atom is 0.243 e. The van der Waals surface area contributed by atoms with E-state index in [2.05, 4.69) is 10.2 Å². The molecular weight excluding hydrogens is 405 g/mol. The third-order valence-electron chi connectivity index (χ3n) is 5.43. The Morgan fingerprint density at radius 2 is 1.90 bits per heavy atom. The molecule has 1 aliphatic heterocycles. The van der Waals surface area contributed by atoms with Crippen LogP contribution in [0.1, 0.15) is 47.2 Å². The zero-order valence-corrected chi connectivity index (χ0v) is 17.8. The van der Waals surface area contributed by atoms with Gasteiger partial charge >= 0.3 is 0 Å². The van der Waals surface area contributed by atoms with Crippen molar-refractivity contribution < 1.29 is 17.2 Å². The maximum absolute atomic E-state index is 13.2. The van der Waals surface area contributed by atoms with Gasteiger partial charge in [-0.3, -0.25) is 0 Å². The summed E-state index contributed by atoms with van der Waals surface area (Å²) in [4.78, 5) is 0.344. The smallest absolute Gasteiger partial charge is 0.243 e. The van der Waals surface area contributed by atoms with Crippen molar-refractivity contribution in [2.75, 3.05) is 13.1 Å². The van der Waals surface area contributed by atoms with E-state index in [1.165, 1.54) is 16.4 Å². The zero-order valence-electron chi connectivity index (χ0n) is 17.0. The van der Waals surface area contributed by atoms with Crippen LogP contribution in [0.15, 0.2) is 51.8 Å². The Balaban J connectivity index is 1.50. The SMILES string of the molecule is Cc1ccc(S(=O)(=O)N2CCC[C@H](c3nnc(Cc4ccc(F)cc4)o3)C2)c(C)c1. The first-order valence-electron chi connectivity index (χ1n) is 9.97. The predicted octanol–water partition coefficient (Wildman–Crippen LogP) is 3.98. The van der Waals surface area contributed by atoms with Crippen LogP contribution < -0.4 is 0 Å². The number of rotatable bonds is 5. The van der Waals surface area contributed by atoms with Crippen LogP contribution in [0.4, 0.5) is 4.39 Å². The molecule has 1 aromatic heterocycles. The van der Waals surface area contributed by atoms with Gasteiger partial charge in [0.25, 0.3) is 0 Å². The van der Waals surface area contributed by atoms with Gasteiger partial charge in [-0.2, -0.15) is 4.31 Å². The molecule has 1 atom stereocenters. The highest BCUT2D eigenvalue weighted by Gasteiger charge is 2.34. The lowest BCUT2D eigenvalue weighted by molar-refractivity contribution is 0.281. The first kappa shape index (κ1) is 20.7. The van der Waals surface area contributed by atoms with E-state index in [9.17, 15) is 12.8 Å². The second kappa shape index (κ2) is 8.28. The summed E-state index contributed by atoms with van der Waals surface area (Å²) in [7, 11) is -3.59. The quantitative estimate of drug-likeness (QED) is 0.613. The second-order valence-electron chi connectivity index (χ2n) is 7.81. The molecule has 4 rings (SSSR count). The highest BCUT2D eigenvalue weighted by Crippen LogP contribution is 2.31. The lowest BCUT2D eigenvalue weighted by Crippen LogP contribution is -2.39. The Morgan fingerprint density at radius 1 is 1.13 bits per heavy atom. The summed E-state index contributed by atoms with van der Waals surface area (Å²) in [6.45, 7) is 4.55. The highest BCUT2D eigenvalue weighted by molar-refractivity contribution is 7.89. The molecule has 2 aromatic carbocycles. The normalized spacial score (nSPS) is 17.9. The Hall–Kier alpha value is -2.58. The van der Waals surface area contributed by atoms with Gasteiger partial charge in [-0.05, 0) is 56.0 Å². The molecule has 2 heterocycles. The Labute approximate surface area is 175 Å². The maximum atomic E-state index is 13.2. The van der Waals surface area contributed by atoms with Gasteiger partial charge in [-0.25, -0.2) is 12.8 Å². The van der Waals surface area contributed by atoms with Crippen molar-refractivity contribution in [1.82, 2.24) is 14.5 Å². The zero-order chi connectivity index (χ0) is 21.3. The minimum Gasteiger partial charge on any atom is -0.425 e. The third-order valence-corrected chi connectivity index (χ3v) is 7.46. The topological polar surface area (TPSA) is 76.3 Å². The molecule has 0 spiro atoms. The summed E-state index contributed by atoms with van der Waals surface area (Å²) in [6.07, 6.45) is 1.92. The minimum absolute atomic E-state index is 0.145. The van der Waals surface area contributed by atoms with Crippen molar-refractivity contribution in [2.45, 2.75) is 43.9 Å². The summed E-state index contributed by atoms with van der Waals surface area (Å²) in [5.41, 5.74) is 2.65. The van der Waals surface area contributed by atoms with Crippen LogP contribution in [-0.4, -0.2) is 36.0 Å². The molecule has 0 unspecified atom stereocenters. The van der Waals surface area contributed by atoms with Crippen molar-refractivity contribution >= 4 is 10.0 Å². The Kier molecular flexibility index (Phi) is 5.71. The number of halogens is 1. The first-order chi connectivity index (χ1) is 14.3. The van der Waals surface area contributed by atoms with E-state index in [4.69, 9.17) is 4.42 Å². The van der Waals surface area contributed by atoms with Crippen LogP contribution in [0.2, 0.25) is 0 Å². The second-order valence-corrected chi connectivity index (χ2v) is 9.71. The third kappa shape index (κ3) is 4.29. The molecule has 0 N–H and O–H groups in total. The summed E-state index contributed by atoms with van der Waals surface area (Å²) < 4.78 is 46.8. The predicted molar refractivity (Wildman–Crippen MR) is 110 cm³/mol. The Bertz CT molecular complexity index is 1140. The van der Waals surface area contributed by atoms with Crippen molar-refractivity contribution in [2.24, 2.45) is 0 Å². The monoisotopic (exact) mass is 429 g/mol. The number of hydrogen-bond donors (Lipinski definition) is 0. The summed E-state index contributed by atoms with van der Waals surface area (Å²) in [6, 6.07) is 11.5. The number of sulfonamides is 1. The van der Waals surface area contributed by atoms with E-state index in [1.807, 2.05) is 26.0 Å². The van der Waals surface area contributed by atoms with E-state index < -0.39 is 10.0 Å². The fourth-order valence-electron chi connectivity index (χ4n) is 3.87. The van der Waals surface area contributed by atoms with E-state index in [0.29, 0.717) is 36.2 Å². The molecule has 8 heteroatoms. The van der Waals surface area contributed by atoms with E-state index >= 15 is 0 Å². The van der Waals surface area contributed by atoms with Crippen molar-refractivity contribution in [3.8, 4) is 0 Å². The molecule has 1 saturated heterocycles. The number of aryl methyl sites for hydroxylation is 2. The summed E-state index contributed by atoms with van der Waals surface area (Å²) >= 11 is 0. The van der Waals surface area contributed by atoms with Crippen LogP contribution in [0.25, 0.3) is 0 Å². The van der Waals surface area contributed by atoms with Gasteiger partial charge in [0.05, 0.1) is 17.2 Å². The lowest BCUT2D eigenvalue weighted by Gasteiger charge is -2.30. The molecular formula is C22H24FN3O3S. The largest absolute Gasteiger partial charge is 0.425 e. The number of benzene rings is 2. The van der Waals surface area contributed by atoms with Crippen LogP contribution in [0.3, 0.4) is 0 Å². The van der Waals surface area contributed by atoms with Gasteiger partial charge in [0, 0.05) is 13.1 Å². The van der Waals surface area contributed by atoms with Crippen molar-refractivity contribution in [3.63, 3.8) is 0 Å². The van der Waals surface area contributed by atoms with Crippen LogP contribution in [0, 0.1) is 19.7 Å². The standard InChI is InChI=1S/C22H24FN3O3S/c1-15-5-10-20(16(2)12-15)30(27,28)26-11-3-4-18(14-26)22-25-24-21(29-22)13-17-6-8-19(23)9-7-17/h5-10,12,18H,3-4,11,13-14H2,1-2H3/t18-/m0/s1. The van der Waals surface area contributed by atoms with Gasteiger partial charge in [0.2, 0.25) is 21.8 Å². The molecule has 30 heavy (non-hydrogen) atoms. The summed E-state index contributed by atoms with van der Waals surface area (Å²) in [5.74, 6) is 0.449. The fraction of sp³-hybridized carbons (Fsp3) is 0.364.